The van der Waals surface area contributed by atoms with Gasteiger partial charge in [-0.05, 0) is 30.7 Å². The fourth-order valence-electron chi connectivity index (χ4n) is 3.16. The normalized spacial score (nSPS) is 15.1. The molecule has 2 heterocycles. The van der Waals surface area contributed by atoms with Crippen LogP contribution in [0.5, 0.6) is 11.6 Å². The number of piperazine rings is 1. The number of aromatic nitrogens is 1. The lowest BCUT2D eigenvalue weighted by Crippen LogP contribution is -2.48. The SMILES string of the molecule is CCOc1ccc(CN2CCN(C(=O)c3ccc(OCC(F)(F)F)nc3)CC2)cc1. The Morgan fingerprint density at radius 2 is 1.73 bits per heavy atom. The fraction of sp³-hybridized carbons (Fsp3) is 0.429. The number of carbonyl (C=O) groups excluding carboxylic acids is 1. The molecule has 1 saturated heterocycles. The Kier molecular flexibility index (Phi) is 7.15. The van der Waals surface area contributed by atoms with E-state index in [1.165, 1.54) is 23.9 Å². The Hall–Kier alpha value is -2.81. The number of alkyl halides is 3. The van der Waals surface area contributed by atoms with Gasteiger partial charge in [-0.3, -0.25) is 9.69 Å². The Labute approximate surface area is 173 Å². The summed E-state index contributed by atoms with van der Waals surface area (Å²) in [5.74, 6) is 0.495. The second-order valence-electron chi connectivity index (χ2n) is 6.93. The number of pyridine rings is 1. The van der Waals surface area contributed by atoms with Gasteiger partial charge in [0.05, 0.1) is 12.2 Å². The summed E-state index contributed by atoms with van der Waals surface area (Å²) in [4.78, 5) is 20.4. The molecule has 0 aliphatic carbocycles. The van der Waals surface area contributed by atoms with Crippen LogP contribution in [-0.4, -0.2) is 66.3 Å². The van der Waals surface area contributed by atoms with Crippen molar-refractivity contribution in [1.82, 2.24) is 14.8 Å². The highest BCUT2D eigenvalue weighted by atomic mass is 19.4. The molecule has 0 radical (unpaired) electrons. The van der Waals surface area contributed by atoms with Gasteiger partial charge in [-0.2, -0.15) is 13.2 Å². The van der Waals surface area contributed by atoms with Gasteiger partial charge >= 0.3 is 6.18 Å². The molecule has 1 aromatic carbocycles. The molecular formula is C21H24F3N3O3. The molecule has 0 spiro atoms. The topological polar surface area (TPSA) is 54.9 Å². The maximum absolute atomic E-state index is 12.6. The van der Waals surface area contributed by atoms with Gasteiger partial charge in [-0.25, -0.2) is 4.98 Å². The molecule has 3 rings (SSSR count). The largest absolute Gasteiger partial charge is 0.494 e. The van der Waals surface area contributed by atoms with Gasteiger partial charge in [0.15, 0.2) is 6.61 Å². The number of hydrogen-bond acceptors (Lipinski definition) is 5. The summed E-state index contributed by atoms with van der Waals surface area (Å²) in [6.45, 7) is 4.57. The first-order valence-corrected chi connectivity index (χ1v) is 9.73. The smallest absolute Gasteiger partial charge is 0.422 e. The molecule has 0 unspecified atom stereocenters. The highest BCUT2D eigenvalue weighted by molar-refractivity contribution is 5.94. The number of rotatable bonds is 7. The van der Waals surface area contributed by atoms with Gasteiger partial charge in [0.2, 0.25) is 5.88 Å². The molecule has 1 aliphatic rings. The van der Waals surface area contributed by atoms with Crippen LogP contribution in [0.15, 0.2) is 42.6 Å². The summed E-state index contributed by atoms with van der Waals surface area (Å²) in [7, 11) is 0. The Morgan fingerprint density at radius 3 is 2.30 bits per heavy atom. The second kappa shape index (κ2) is 9.80. The molecule has 1 aromatic heterocycles. The van der Waals surface area contributed by atoms with Crippen LogP contribution in [0.4, 0.5) is 13.2 Å². The van der Waals surface area contributed by atoms with E-state index in [4.69, 9.17) is 4.74 Å². The van der Waals surface area contributed by atoms with Crippen LogP contribution in [0.25, 0.3) is 0 Å². The predicted molar refractivity (Wildman–Crippen MR) is 105 cm³/mol. The lowest BCUT2D eigenvalue weighted by atomic mass is 10.1. The van der Waals surface area contributed by atoms with E-state index in [0.717, 1.165) is 25.4 Å². The van der Waals surface area contributed by atoms with Crippen molar-refractivity contribution in [2.75, 3.05) is 39.4 Å². The monoisotopic (exact) mass is 423 g/mol. The van der Waals surface area contributed by atoms with E-state index in [2.05, 4.69) is 14.6 Å². The fourth-order valence-corrected chi connectivity index (χ4v) is 3.16. The van der Waals surface area contributed by atoms with E-state index in [9.17, 15) is 18.0 Å². The summed E-state index contributed by atoms with van der Waals surface area (Å²) in [6, 6.07) is 10.7. The molecule has 9 heteroatoms. The number of ether oxygens (including phenoxy) is 2. The first-order chi connectivity index (χ1) is 14.3. The van der Waals surface area contributed by atoms with Crippen molar-refractivity contribution >= 4 is 5.91 Å². The van der Waals surface area contributed by atoms with E-state index in [1.54, 1.807) is 4.90 Å². The number of nitrogens with zero attached hydrogens (tertiary/aromatic N) is 3. The van der Waals surface area contributed by atoms with Gasteiger partial charge in [0, 0.05) is 45.0 Å². The molecular weight excluding hydrogens is 399 g/mol. The van der Waals surface area contributed by atoms with Crippen LogP contribution in [0, 0.1) is 0 Å². The van der Waals surface area contributed by atoms with Crippen LogP contribution in [-0.2, 0) is 6.54 Å². The molecule has 0 saturated carbocycles. The zero-order chi connectivity index (χ0) is 21.6. The number of halogens is 3. The molecule has 0 N–H and O–H groups in total. The van der Waals surface area contributed by atoms with Crippen molar-refractivity contribution in [3.05, 3.63) is 53.7 Å². The molecule has 162 valence electrons. The minimum atomic E-state index is -4.43. The van der Waals surface area contributed by atoms with E-state index < -0.39 is 12.8 Å². The van der Waals surface area contributed by atoms with Crippen LogP contribution in [0.2, 0.25) is 0 Å². The summed E-state index contributed by atoms with van der Waals surface area (Å²) in [5.41, 5.74) is 1.51. The molecule has 1 amide bonds. The lowest BCUT2D eigenvalue weighted by molar-refractivity contribution is -0.154. The summed E-state index contributed by atoms with van der Waals surface area (Å²) < 4.78 is 46.6. The van der Waals surface area contributed by atoms with Gasteiger partial charge in [0.1, 0.15) is 5.75 Å². The third-order valence-electron chi connectivity index (χ3n) is 4.67. The highest BCUT2D eigenvalue weighted by Crippen LogP contribution is 2.18. The van der Waals surface area contributed by atoms with Crippen LogP contribution in [0.3, 0.4) is 0 Å². The molecule has 0 bridgehead atoms. The molecule has 1 fully saturated rings. The Morgan fingerprint density at radius 1 is 1.03 bits per heavy atom. The van der Waals surface area contributed by atoms with Crippen molar-refractivity contribution in [2.24, 2.45) is 0 Å². The van der Waals surface area contributed by atoms with Crippen molar-refractivity contribution in [1.29, 1.82) is 0 Å². The van der Waals surface area contributed by atoms with Crippen LogP contribution < -0.4 is 9.47 Å². The van der Waals surface area contributed by atoms with Gasteiger partial charge in [-0.1, -0.05) is 12.1 Å². The van der Waals surface area contributed by atoms with E-state index >= 15 is 0 Å². The minimum Gasteiger partial charge on any atom is -0.494 e. The predicted octanol–water partition coefficient (Wildman–Crippen LogP) is 3.38. The third kappa shape index (κ3) is 6.35. The molecule has 2 aromatic rings. The minimum absolute atomic E-state index is 0.163. The molecule has 6 nitrogen and oxygen atoms in total. The first-order valence-electron chi connectivity index (χ1n) is 9.73. The number of benzene rings is 1. The summed E-state index contributed by atoms with van der Waals surface area (Å²) in [5, 5.41) is 0. The number of carbonyl (C=O) groups is 1. The number of hydrogen-bond donors (Lipinski definition) is 0. The van der Waals surface area contributed by atoms with Gasteiger partial charge in [-0.15, -0.1) is 0 Å². The van der Waals surface area contributed by atoms with Crippen molar-refractivity contribution in [2.45, 2.75) is 19.6 Å². The lowest BCUT2D eigenvalue weighted by Gasteiger charge is -2.34. The summed E-state index contributed by atoms with van der Waals surface area (Å²) in [6.07, 6.45) is -3.18. The van der Waals surface area contributed by atoms with Crippen LogP contribution >= 0.6 is 0 Å². The standard InChI is InChI=1S/C21H24F3N3O3/c1-2-29-18-6-3-16(4-7-18)14-26-9-11-27(12-10-26)20(28)17-5-8-19(25-13-17)30-15-21(22,23)24/h3-8,13H,2,9-12,14-15H2,1H3. The average molecular weight is 423 g/mol. The third-order valence-corrected chi connectivity index (χ3v) is 4.67. The maximum atomic E-state index is 12.6. The van der Waals surface area contributed by atoms with Crippen molar-refractivity contribution in [3.8, 4) is 11.6 Å². The quantitative estimate of drug-likeness (QED) is 0.684. The second-order valence-corrected chi connectivity index (χ2v) is 6.93. The molecule has 1 aliphatic heterocycles. The van der Waals surface area contributed by atoms with E-state index in [-0.39, 0.29) is 11.8 Å². The summed E-state index contributed by atoms with van der Waals surface area (Å²) >= 11 is 0. The van der Waals surface area contributed by atoms with E-state index in [1.807, 2.05) is 31.2 Å². The Bertz CT molecular complexity index is 818. The Balaban J connectivity index is 1.47. The van der Waals surface area contributed by atoms with E-state index in [0.29, 0.717) is 25.3 Å². The average Bonchev–Trinajstić information content (AvgIpc) is 2.74. The molecule has 30 heavy (non-hydrogen) atoms. The van der Waals surface area contributed by atoms with Gasteiger partial charge in [0.25, 0.3) is 5.91 Å². The van der Waals surface area contributed by atoms with Crippen molar-refractivity contribution in [3.63, 3.8) is 0 Å². The molecule has 0 atom stereocenters. The maximum Gasteiger partial charge on any atom is 0.422 e. The van der Waals surface area contributed by atoms with Gasteiger partial charge < -0.3 is 14.4 Å². The zero-order valence-corrected chi connectivity index (χ0v) is 16.7. The zero-order valence-electron chi connectivity index (χ0n) is 16.7. The number of amides is 1. The highest BCUT2D eigenvalue weighted by Gasteiger charge is 2.29. The van der Waals surface area contributed by atoms with Crippen molar-refractivity contribution < 1.29 is 27.4 Å². The first kappa shape index (κ1) is 21.9. The van der Waals surface area contributed by atoms with Crippen LogP contribution in [0.1, 0.15) is 22.8 Å².